The maximum Gasteiger partial charge on any atom is 0.336 e. The van der Waals surface area contributed by atoms with E-state index in [9.17, 15) is 122 Å². The van der Waals surface area contributed by atoms with Gasteiger partial charge in [0, 0.05) is 5.57 Å². The number of aliphatic hydroxyl groups excluding tert-OH is 20. The van der Waals surface area contributed by atoms with E-state index in [0.717, 1.165) is 5.57 Å². The second-order valence-electron chi connectivity index (χ2n) is 42.6. The lowest BCUT2D eigenvalue weighted by Gasteiger charge is -2.71. The lowest BCUT2D eigenvalue weighted by atomic mass is 9.33. The van der Waals surface area contributed by atoms with Crippen LogP contribution in [-0.2, 0) is 99.6 Å². The molecule has 0 aromatic rings. The van der Waals surface area contributed by atoms with E-state index in [1.54, 1.807) is 0 Å². The fraction of sp³-hybridized carbons (Fsp3) is 0.862. The van der Waals surface area contributed by atoms with Gasteiger partial charge in [-0.2, -0.15) is 0 Å². The normalized spacial score (nSPS) is 48.3. The van der Waals surface area contributed by atoms with Crippen LogP contribution in [0.4, 0.5) is 0 Å². The molecule has 4 unspecified atom stereocenters. The molecule has 8 heterocycles. The molecule has 0 aromatic carbocycles. The van der Waals surface area contributed by atoms with Crippen LogP contribution < -0.4 is 0 Å². The molecule has 47 atom stereocenters. The predicted molar refractivity (Wildman–Crippen MR) is 465 cm³/mol. The zero-order valence-corrected chi connectivity index (χ0v) is 79.5. The van der Waals surface area contributed by atoms with Crippen molar-refractivity contribution in [2.75, 3.05) is 46.2 Å². The number of carbonyl (C=O) groups is 3. The molecule has 13 rings (SSSR count). The Balaban J connectivity index is 0.767. The number of aliphatic hydroxyl groups is 22. The van der Waals surface area contributed by atoms with Crippen molar-refractivity contribution in [2.45, 2.75) is 411 Å². The van der Waals surface area contributed by atoms with Crippen molar-refractivity contribution in [1.82, 2.24) is 0 Å². The first-order valence-corrected chi connectivity index (χ1v) is 47.7. The summed E-state index contributed by atoms with van der Waals surface area (Å²) >= 11 is 0. The Morgan fingerprint density at radius 2 is 0.949 bits per heavy atom. The summed E-state index contributed by atoms with van der Waals surface area (Å²) in [6, 6.07) is 0. The first-order chi connectivity index (χ1) is 64.1. The van der Waals surface area contributed by atoms with E-state index in [-0.39, 0.29) is 61.5 Å². The highest BCUT2D eigenvalue weighted by atomic mass is 16.8. The summed E-state index contributed by atoms with van der Waals surface area (Å²) in [7, 11) is 0. The van der Waals surface area contributed by atoms with Crippen LogP contribution in [-0.4, -0.2) is 421 Å². The van der Waals surface area contributed by atoms with E-state index in [4.69, 9.17) is 85.3 Å². The van der Waals surface area contributed by atoms with Crippen molar-refractivity contribution in [2.24, 2.45) is 50.2 Å². The molecule has 0 aromatic heterocycles. The molecule has 0 radical (unpaired) electrons. The summed E-state index contributed by atoms with van der Waals surface area (Å²) < 4.78 is 109. The topological polar surface area (TPSA) is 662 Å². The summed E-state index contributed by atoms with van der Waals surface area (Å²) in [6.45, 7) is 24.9. The molecule has 43 nitrogen and oxygen atoms in total. The van der Waals surface area contributed by atoms with Crippen LogP contribution in [0.1, 0.15) is 167 Å². The van der Waals surface area contributed by atoms with Crippen LogP contribution in [0.15, 0.2) is 60.3 Å². The van der Waals surface area contributed by atoms with Crippen molar-refractivity contribution < 1.29 is 212 Å². The molecule has 0 bridgehead atoms. The Labute approximate surface area is 794 Å². The van der Waals surface area contributed by atoms with Gasteiger partial charge >= 0.3 is 17.9 Å². The summed E-state index contributed by atoms with van der Waals surface area (Å²) in [5.74, 6) is -4.27. The third-order valence-corrected chi connectivity index (χ3v) is 32.4. The smallest absolute Gasteiger partial charge is 0.336 e. The molecule has 43 heteroatoms. The molecule has 12 fully saturated rings. The highest BCUT2D eigenvalue weighted by Crippen LogP contribution is 2.76. The zero-order chi connectivity index (χ0) is 101. The minimum absolute atomic E-state index is 0.00851. The summed E-state index contributed by atoms with van der Waals surface area (Å²) in [6.07, 6.45) is -54.9. The average molecular weight is 1970 g/mol. The molecule has 13 aliphatic rings. The zero-order valence-electron chi connectivity index (χ0n) is 79.5. The van der Waals surface area contributed by atoms with Gasteiger partial charge in [0.2, 0.25) is 6.29 Å². The number of rotatable bonds is 31. The summed E-state index contributed by atoms with van der Waals surface area (Å²) in [5.41, 5.74) is -7.14. The number of ether oxygens (including phenoxy) is 18. The van der Waals surface area contributed by atoms with Gasteiger partial charge in [-0.25, -0.2) is 9.59 Å². The second-order valence-corrected chi connectivity index (χ2v) is 42.6. The Bertz CT molecular complexity index is 4190. The number of fused-ring (bicyclic) bond motifs is 7. The number of carbonyl (C=O) groups excluding carboxylic acids is 3. The van der Waals surface area contributed by atoms with Crippen LogP contribution in [0.3, 0.4) is 0 Å². The number of hydrogen-bond donors (Lipinski definition) is 22. The standard InChI is InChI=1S/C94H148O43/c1-15-89(10,118)25-17-19-40(3)76(115)132-75-72(131-77(116)43(33-95)20-18-26-90(11,119)16-2)56(101)41(4)126-84(75)125-39-51-61(106)63(108)74(136-81-68(113)64(109)70(42(5)127-81)133-80-69(114)71(49(99)37-122-80)134-78-65(110)57(102)46(96)34-120-78)85(129-51)137-86(117)94-30-29-87(6,7)31-45(94)44-21-22-53-91(12)27-24-55(88(8,9)52(91)23-28-92(53,13)93(44,14)32-54(94)100)130-82-67(112)62(107)60(105)50(128-82)38-124-83-73(59(104)48(98)36-123-83)135-79-66(111)58(103)47(97)35-121-79/h15-16,19-21,41-42,45-75,78-85,95-114,118-119H,1-2,17-18,22-39H2,3-14H3/b40-19+,43-20+/t41-,42-,45?,46+,47+,48-,49+,50+,51+,52?,53?,54+,55-,56-,57-,58-,59-,60+,61+,62-,63-,64-,65+,66+,67+,68+,69+,70-,71-,72+,73+,74+,75+,78-,79-,80-,81-,82-,83-,84+,85-,89+,90+,91-,92+,93+,94?/m0/s1. The molecule has 137 heavy (non-hydrogen) atoms. The molecule has 8 saturated heterocycles. The molecule has 0 spiro atoms. The largest absolute Gasteiger partial charge is 0.452 e. The third-order valence-electron chi connectivity index (χ3n) is 32.4. The SMILES string of the molecule is C=C[C@@](C)(O)CC/C=C(\C)C(=O)O[C@H]1[C@H](OC[C@H]2O[C@@H](OC(=O)C34CCC(C)(C)CC3C3=CCC5[C@@]6(C)CC[C@H](O[C@@H]7O[C@H](CO[C@@H]8OC[C@H](O)[C@H](O)[C@H]8O[C@@H]8OC[C@@H](O)[C@H](O)[C@H]8O)[C@@H](O)[C@H](O)[C@H]7O)C(C)(C)C6CC[C@@]5(C)[C@]3(C)C[C@H]4O)[C@H](O[C@@H]3O[C@@H](C)[C@H](O[C@@H]4OC[C@@H](O)[C@H](O[C@@H]5OC[C@@H](O)[C@H](O)[C@H]5O)[C@H]4O)[C@@H](O)[C@H]3O)[C@@H](O)[C@@H]2O)O[C@@H](C)[C@H](O)[C@H]1OC(=O)/C(=C/CC[C@](C)(O)C=C)CO. The molecule has 4 saturated carbocycles. The molecule has 5 aliphatic carbocycles. The van der Waals surface area contributed by atoms with Crippen molar-refractivity contribution in [3.63, 3.8) is 0 Å². The lowest BCUT2D eigenvalue weighted by molar-refractivity contribution is -0.381. The Kier molecular flexibility index (Phi) is 34.8. The van der Waals surface area contributed by atoms with Gasteiger partial charge < -0.3 is 198 Å². The molecular formula is C94H148O43. The minimum atomic E-state index is -2.28. The van der Waals surface area contributed by atoms with Crippen LogP contribution in [0.2, 0.25) is 0 Å². The van der Waals surface area contributed by atoms with Gasteiger partial charge in [0.05, 0.1) is 87.4 Å². The molecule has 8 aliphatic heterocycles. The van der Waals surface area contributed by atoms with Gasteiger partial charge in [0.25, 0.3) is 0 Å². The van der Waals surface area contributed by atoms with Crippen LogP contribution >= 0.6 is 0 Å². The van der Waals surface area contributed by atoms with E-state index in [1.165, 1.54) is 58.9 Å². The van der Waals surface area contributed by atoms with Crippen molar-refractivity contribution >= 4 is 17.9 Å². The first-order valence-electron chi connectivity index (χ1n) is 47.7. The Hall–Kier alpha value is -4.37. The number of allylic oxidation sites excluding steroid dienone is 4. The maximum atomic E-state index is 16.6. The van der Waals surface area contributed by atoms with Crippen molar-refractivity contribution in [3.05, 3.63) is 60.3 Å². The number of esters is 3. The molecular weight excluding hydrogens is 1820 g/mol. The maximum absolute atomic E-state index is 16.6. The third kappa shape index (κ3) is 22.1. The van der Waals surface area contributed by atoms with Crippen LogP contribution in [0.25, 0.3) is 0 Å². The highest BCUT2D eigenvalue weighted by Gasteiger charge is 2.73. The predicted octanol–water partition coefficient (Wildman–Crippen LogP) is -3.75. The molecule has 782 valence electrons. The summed E-state index contributed by atoms with van der Waals surface area (Å²) in [5, 5.41) is 248. The fourth-order valence-electron chi connectivity index (χ4n) is 23.4. The van der Waals surface area contributed by atoms with Crippen molar-refractivity contribution in [1.29, 1.82) is 0 Å². The lowest BCUT2D eigenvalue weighted by Crippen LogP contribution is -2.69. The van der Waals surface area contributed by atoms with Gasteiger partial charge in [-0.1, -0.05) is 84.4 Å². The molecule has 22 N–H and O–H groups in total. The van der Waals surface area contributed by atoms with E-state index in [0.29, 0.717) is 44.9 Å². The van der Waals surface area contributed by atoms with Crippen LogP contribution in [0, 0.1) is 50.2 Å². The quantitative estimate of drug-likeness (QED) is 0.0104. The minimum Gasteiger partial charge on any atom is -0.452 e. The molecule has 0 amide bonds. The van der Waals surface area contributed by atoms with Gasteiger partial charge in [-0.3, -0.25) is 4.79 Å². The second kappa shape index (κ2) is 43.3. The Morgan fingerprint density at radius 3 is 1.55 bits per heavy atom. The fourth-order valence-corrected chi connectivity index (χ4v) is 23.4. The van der Waals surface area contributed by atoms with Gasteiger partial charge in [-0.05, 0) is 163 Å². The van der Waals surface area contributed by atoms with Crippen molar-refractivity contribution in [3.8, 4) is 0 Å². The van der Waals surface area contributed by atoms with Gasteiger partial charge in [-0.15, -0.1) is 13.2 Å². The first kappa shape index (κ1) is 110. The van der Waals surface area contributed by atoms with E-state index in [2.05, 4.69) is 67.7 Å². The van der Waals surface area contributed by atoms with E-state index < -0.39 is 347 Å². The van der Waals surface area contributed by atoms with E-state index in [1.807, 2.05) is 0 Å². The Morgan fingerprint density at radius 1 is 0.460 bits per heavy atom. The van der Waals surface area contributed by atoms with Gasteiger partial charge in [0.1, 0.15) is 146 Å². The highest BCUT2D eigenvalue weighted by molar-refractivity contribution is 5.89. The van der Waals surface area contributed by atoms with Gasteiger partial charge in [0.15, 0.2) is 62.3 Å². The monoisotopic (exact) mass is 1960 g/mol. The van der Waals surface area contributed by atoms with E-state index >= 15 is 4.79 Å². The number of hydrogen-bond acceptors (Lipinski definition) is 43. The average Bonchev–Trinajstić information content (AvgIpc) is 0.668. The summed E-state index contributed by atoms with van der Waals surface area (Å²) in [4.78, 5) is 45.0. The van der Waals surface area contributed by atoms with Crippen LogP contribution in [0.5, 0.6) is 0 Å².